The van der Waals surface area contributed by atoms with Crippen LogP contribution >= 0.6 is 11.3 Å². The van der Waals surface area contributed by atoms with Crippen LogP contribution in [-0.2, 0) is 5.54 Å². The number of rotatable bonds is 5. The molecule has 1 heterocycles. The number of thiazole rings is 1. The smallest absolute Gasteiger partial charge is 0.113 e. The lowest BCUT2D eigenvalue weighted by Gasteiger charge is -2.23. The first-order valence-electron chi connectivity index (χ1n) is 5.82. The Labute approximate surface area is 96.9 Å². The van der Waals surface area contributed by atoms with Crippen molar-refractivity contribution in [2.45, 2.75) is 58.4 Å². The molecular formula is C12H22N2S. The molecule has 1 unspecified atom stereocenters. The van der Waals surface area contributed by atoms with Crippen molar-refractivity contribution in [3.63, 3.8) is 0 Å². The summed E-state index contributed by atoms with van der Waals surface area (Å²) in [6.07, 6.45) is 3.05. The van der Waals surface area contributed by atoms with Gasteiger partial charge >= 0.3 is 0 Å². The Morgan fingerprint density at radius 1 is 1.40 bits per heavy atom. The number of nitrogens with zero attached hydrogens (tertiary/aromatic N) is 1. The molecule has 1 rings (SSSR count). The van der Waals surface area contributed by atoms with Gasteiger partial charge in [0.1, 0.15) is 5.01 Å². The Bertz CT molecular complexity index is 302. The molecule has 1 aromatic heterocycles. The van der Waals surface area contributed by atoms with Gasteiger partial charge in [0.05, 0.1) is 11.2 Å². The van der Waals surface area contributed by atoms with Crippen molar-refractivity contribution in [1.82, 2.24) is 4.98 Å². The number of aromatic nitrogens is 1. The first kappa shape index (κ1) is 12.7. The third-order valence-corrected chi connectivity index (χ3v) is 4.41. The van der Waals surface area contributed by atoms with Crippen LogP contribution in [0.15, 0.2) is 5.38 Å². The molecule has 0 spiro atoms. The zero-order valence-corrected chi connectivity index (χ0v) is 11.0. The molecule has 2 nitrogen and oxygen atoms in total. The quantitative estimate of drug-likeness (QED) is 0.832. The molecule has 0 aromatic carbocycles. The average Bonchev–Trinajstić information content (AvgIpc) is 2.76. The van der Waals surface area contributed by atoms with E-state index < -0.39 is 0 Å². The van der Waals surface area contributed by atoms with E-state index >= 15 is 0 Å². The monoisotopic (exact) mass is 226 g/mol. The topological polar surface area (TPSA) is 38.9 Å². The van der Waals surface area contributed by atoms with E-state index in [1.807, 2.05) is 0 Å². The van der Waals surface area contributed by atoms with Crippen LogP contribution < -0.4 is 5.73 Å². The van der Waals surface area contributed by atoms with Crippen LogP contribution in [0.3, 0.4) is 0 Å². The average molecular weight is 226 g/mol. The Hall–Kier alpha value is -0.410. The molecule has 86 valence electrons. The fourth-order valence-electron chi connectivity index (χ4n) is 1.50. The summed E-state index contributed by atoms with van der Waals surface area (Å²) in [6.45, 7) is 8.68. The van der Waals surface area contributed by atoms with Gasteiger partial charge in [-0.3, -0.25) is 0 Å². The van der Waals surface area contributed by atoms with Gasteiger partial charge in [-0.1, -0.05) is 27.7 Å². The van der Waals surface area contributed by atoms with E-state index in [2.05, 4.69) is 38.1 Å². The highest BCUT2D eigenvalue weighted by Gasteiger charge is 2.26. The summed E-state index contributed by atoms with van der Waals surface area (Å²) in [7, 11) is 0. The molecule has 15 heavy (non-hydrogen) atoms. The van der Waals surface area contributed by atoms with Crippen LogP contribution in [0.5, 0.6) is 0 Å². The summed E-state index contributed by atoms with van der Waals surface area (Å²) in [6, 6.07) is 0. The van der Waals surface area contributed by atoms with E-state index in [1.54, 1.807) is 11.3 Å². The van der Waals surface area contributed by atoms with Crippen molar-refractivity contribution in [1.29, 1.82) is 0 Å². The van der Waals surface area contributed by atoms with Gasteiger partial charge < -0.3 is 5.73 Å². The highest BCUT2D eigenvalue weighted by molar-refractivity contribution is 7.09. The minimum absolute atomic E-state index is 0.212. The van der Waals surface area contributed by atoms with Crippen molar-refractivity contribution >= 4 is 11.3 Å². The molecule has 3 heteroatoms. The van der Waals surface area contributed by atoms with Crippen LogP contribution in [0.4, 0.5) is 0 Å². The molecule has 0 aliphatic rings. The molecule has 2 N–H and O–H groups in total. The summed E-state index contributed by atoms with van der Waals surface area (Å²) < 4.78 is 0. The summed E-state index contributed by atoms with van der Waals surface area (Å²) in [5.74, 6) is 0.549. The highest BCUT2D eigenvalue weighted by Crippen LogP contribution is 2.30. The number of hydrogen-bond donors (Lipinski definition) is 1. The van der Waals surface area contributed by atoms with E-state index in [9.17, 15) is 0 Å². The first-order valence-corrected chi connectivity index (χ1v) is 6.70. The van der Waals surface area contributed by atoms with Crippen LogP contribution in [0.1, 0.15) is 63.6 Å². The number of nitrogens with two attached hydrogens (primary N) is 1. The molecule has 0 saturated heterocycles. The molecular weight excluding hydrogens is 204 g/mol. The summed E-state index contributed by atoms with van der Waals surface area (Å²) in [4.78, 5) is 4.69. The van der Waals surface area contributed by atoms with Crippen LogP contribution in [-0.4, -0.2) is 4.98 Å². The molecule has 0 fully saturated rings. The van der Waals surface area contributed by atoms with Gasteiger partial charge in [0, 0.05) is 5.38 Å². The van der Waals surface area contributed by atoms with E-state index in [4.69, 9.17) is 5.73 Å². The Kier molecular flexibility index (Phi) is 4.29. The van der Waals surface area contributed by atoms with Gasteiger partial charge in [0.15, 0.2) is 0 Å². The Balaban J connectivity index is 2.92. The van der Waals surface area contributed by atoms with E-state index in [-0.39, 0.29) is 5.54 Å². The van der Waals surface area contributed by atoms with Crippen LogP contribution in [0, 0.1) is 0 Å². The van der Waals surface area contributed by atoms with Gasteiger partial charge in [-0.2, -0.15) is 0 Å². The molecule has 1 atom stereocenters. The van der Waals surface area contributed by atoms with Crippen molar-refractivity contribution in [2.75, 3.05) is 0 Å². The lowest BCUT2D eigenvalue weighted by atomic mass is 9.95. The zero-order valence-electron chi connectivity index (χ0n) is 10.2. The van der Waals surface area contributed by atoms with Crippen LogP contribution in [0.25, 0.3) is 0 Å². The SMILES string of the molecule is CCC(C)c1csc(C(N)(CC)CC)n1. The second kappa shape index (κ2) is 5.08. The number of hydrogen-bond acceptors (Lipinski definition) is 3. The maximum atomic E-state index is 6.32. The Morgan fingerprint density at radius 3 is 2.47 bits per heavy atom. The molecule has 1 aromatic rings. The normalized spacial score (nSPS) is 14.2. The van der Waals surface area contributed by atoms with Gasteiger partial charge in [0.2, 0.25) is 0 Å². The fraction of sp³-hybridized carbons (Fsp3) is 0.750. The van der Waals surface area contributed by atoms with Crippen LogP contribution in [0.2, 0.25) is 0 Å². The lowest BCUT2D eigenvalue weighted by Crippen LogP contribution is -2.35. The third kappa shape index (κ3) is 2.58. The van der Waals surface area contributed by atoms with Crippen molar-refractivity contribution in [3.8, 4) is 0 Å². The van der Waals surface area contributed by atoms with Gasteiger partial charge in [0.25, 0.3) is 0 Å². The maximum Gasteiger partial charge on any atom is 0.113 e. The summed E-state index contributed by atoms with van der Waals surface area (Å²) in [5.41, 5.74) is 7.31. The zero-order chi connectivity index (χ0) is 11.5. The standard InChI is InChI=1S/C12H22N2S/c1-5-9(4)10-8-15-11(14-10)12(13,6-2)7-3/h8-9H,5-7,13H2,1-4H3. The second-order valence-electron chi connectivity index (χ2n) is 4.25. The maximum absolute atomic E-state index is 6.32. The fourth-order valence-corrected chi connectivity index (χ4v) is 2.70. The molecule has 0 amide bonds. The van der Waals surface area contributed by atoms with Crippen molar-refractivity contribution in [2.24, 2.45) is 5.73 Å². The molecule has 0 bridgehead atoms. The molecule has 0 saturated carbocycles. The second-order valence-corrected chi connectivity index (χ2v) is 5.11. The van der Waals surface area contributed by atoms with Gasteiger partial charge in [-0.05, 0) is 25.2 Å². The lowest BCUT2D eigenvalue weighted by molar-refractivity contribution is 0.409. The minimum Gasteiger partial charge on any atom is -0.319 e. The van der Waals surface area contributed by atoms with Gasteiger partial charge in [-0.25, -0.2) is 4.98 Å². The summed E-state index contributed by atoms with van der Waals surface area (Å²) in [5, 5.41) is 3.26. The van der Waals surface area contributed by atoms with Crippen molar-refractivity contribution < 1.29 is 0 Å². The van der Waals surface area contributed by atoms with Crippen molar-refractivity contribution in [3.05, 3.63) is 16.1 Å². The molecule has 0 aliphatic heterocycles. The predicted molar refractivity (Wildman–Crippen MR) is 67.3 cm³/mol. The minimum atomic E-state index is -0.212. The summed E-state index contributed by atoms with van der Waals surface area (Å²) >= 11 is 1.71. The first-order chi connectivity index (χ1) is 7.07. The largest absolute Gasteiger partial charge is 0.319 e. The van der Waals surface area contributed by atoms with Gasteiger partial charge in [-0.15, -0.1) is 11.3 Å². The molecule has 0 radical (unpaired) electrons. The highest BCUT2D eigenvalue weighted by atomic mass is 32.1. The molecule has 0 aliphatic carbocycles. The Morgan fingerprint density at radius 2 is 2.00 bits per heavy atom. The van der Waals surface area contributed by atoms with E-state index in [1.165, 1.54) is 5.69 Å². The third-order valence-electron chi connectivity index (χ3n) is 3.33. The predicted octanol–water partition coefficient (Wildman–Crippen LogP) is 3.63. The van der Waals surface area contributed by atoms with E-state index in [0.717, 1.165) is 24.3 Å². The van der Waals surface area contributed by atoms with E-state index in [0.29, 0.717) is 5.92 Å².